The van der Waals surface area contributed by atoms with E-state index in [0.717, 1.165) is 43.1 Å². The van der Waals surface area contributed by atoms with Crippen LogP contribution in [-0.4, -0.2) is 21.6 Å². The fourth-order valence-electron chi connectivity index (χ4n) is 1.97. The molecule has 3 nitrogen and oxygen atoms in total. The van der Waals surface area contributed by atoms with Crippen LogP contribution in [0.15, 0.2) is 0 Å². The van der Waals surface area contributed by atoms with Crippen molar-refractivity contribution in [3.05, 3.63) is 11.5 Å². The van der Waals surface area contributed by atoms with Crippen LogP contribution in [0.4, 0.5) is 5.82 Å². The molecule has 4 heteroatoms. The molecule has 0 aromatic carbocycles. The molecule has 0 saturated carbocycles. The minimum atomic E-state index is 0.607. The number of aromatic nitrogens is 2. The number of nitrogen functional groups attached to an aromatic ring is 1. The summed E-state index contributed by atoms with van der Waals surface area (Å²) >= 11 is 1.88. The first-order valence-electron chi connectivity index (χ1n) is 6.42. The molecule has 1 heterocycles. The summed E-state index contributed by atoms with van der Waals surface area (Å²) in [5.74, 6) is 3.81. The molecule has 17 heavy (non-hydrogen) atoms. The van der Waals surface area contributed by atoms with Crippen molar-refractivity contribution in [2.75, 3.05) is 17.7 Å². The minimum absolute atomic E-state index is 0.607. The second kappa shape index (κ2) is 6.94. The van der Waals surface area contributed by atoms with Crippen molar-refractivity contribution in [3.8, 4) is 0 Å². The van der Waals surface area contributed by atoms with Crippen molar-refractivity contribution in [1.29, 1.82) is 0 Å². The number of imidazole rings is 1. The summed E-state index contributed by atoms with van der Waals surface area (Å²) in [6, 6.07) is 0. The summed E-state index contributed by atoms with van der Waals surface area (Å²) in [6.45, 7) is 7.55. The van der Waals surface area contributed by atoms with Gasteiger partial charge < -0.3 is 10.3 Å². The van der Waals surface area contributed by atoms with Crippen LogP contribution in [0.2, 0.25) is 0 Å². The highest BCUT2D eigenvalue weighted by atomic mass is 32.2. The highest BCUT2D eigenvalue weighted by molar-refractivity contribution is 7.98. The molecule has 0 saturated heterocycles. The van der Waals surface area contributed by atoms with Gasteiger partial charge in [-0.2, -0.15) is 11.8 Å². The van der Waals surface area contributed by atoms with Crippen LogP contribution in [0.25, 0.3) is 0 Å². The number of nitrogens with zero attached hydrogens (tertiary/aromatic N) is 2. The van der Waals surface area contributed by atoms with Gasteiger partial charge in [0.05, 0.1) is 5.69 Å². The van der Waals surface area contributed by atoms with Crippen molar-refractivity contribution in [1.82, 2.24) is 9.55 Å². The molecule has 0 spiro atoms. The molecule has 0 aliphatic carbocycles. The number of rotatable bonds is 7. The molecule has 98 valence electrons. The Morgan fingerprint density at radius 1 is 1.41 bits per heavy atom. The summed E-state index contributed by atoms with van der Waals surface area (Å²) in [7, 11) is 0. The van der Waals surface area contributed by atoms with Gasteiger partial charge in [-0.25, -0.2) is 4.98 Å². The van der Waals surface area contributed by atoms with E-state index in [-0.39, 0.29) is 0 Å². The van der Waals surface area contributed by atoms with E-state index in [4.69, 9.17) is 5.73 Å². The second-order valence-corrected chi connectivity index (χ2v) is 5.80. The number of thioether (sulfide) groups is 1. The Bertz CT molecular complexity index is 345. The Morgan fingerprint density at radius 2 is 2.12 bits per heavy atom. The van der Waals surface area contributed by atoms with Gasteiger partial charge in [-0.1, -0.05) is 20.8 Å². The average molecular weight is 255 g/mol. The van der Waals surface area contributed by atoms with E-state index in [1.165, 1.54) is 5.75 Å². The standard InChI is InChI=1S/C13H25N3S/c1-5-12-15-11(7-6-8-17-4)13(14)16(12)9-10(2)3/h10H,5-9,14H2,1-4H3. The van der Waals surface area contributed by atoms with E-state index in [2.05, 4.69) is 36.6 Å². The number of nitrogens with two attached hydrogens (primary N) is 1. The van der Waals surface area contributed by atoms with Crippen molar-refractivity contribution in [2.24, 2.45) is 5.92 Å². The molecule has 2 N–H and O–H groups in total. The zero-order valence-electron chi connectivity index (χ0n) is 11.5. The lowest BCUT2D eigenvalue weighted by Crippen LogP contribution is -2.11. The van der Waals surface area contributed by atoms with Crippen LogP contribution < -0.4 is 5.73 Å². The second-order valence-electron chi connectivity index (χ2n) is 4.81. The monoisotopic (exact) mass is 255 g/mol. The summed E-state index contributed by atoms with van der Waals surface area (Å²) in [5.41, 5.74) is 7.30. The SMILES string of the molecule is CCc1nc(CCCSC)c(N)n1CC(C)C. The zero-order chi connectivity index (χ0) is 12.8. The Balaban J connectivity index is 2.81. The molecule has 0 aliphatic rings. The Morgan fingerprint density at radius 3 is 2.65 bits per heavy atom. The topological polar surface area (TPSA) is 43.8 Å². The van der Waals surface area contributed by atoms with Crippen LogP contribution >= 0.6 is 11.8 Å². The average Bonchev–Trinajstić information content (AvgIpc) is 2.57. The fraction of sp³-hybridized carbons (Fsp3) is 0.769. The lowest BCUT2D eigenvalue weighted by atomic mass is 10.2. The first-order chi connectivity index (χ1) is 8.10. The van der Waals surface area contributed by atoms with Crippen molar-refractivity contribution < 1.29 is 0 Å². The first-order valence-corrected chi connectivity index (χ1v) is 7.82. The molecular weight excluding hydrogens is 230 g/mol. The van der Waals surface area contributed by atoms with Gasteiger partial charge in [0.15, 0.2) is 0 Å². The smallest absolute Gasteiger partial charge is 0.126 e. The van der Waals surface area contributed by atoms with Gasteiger partial charge in [0.1, 0.15) is 11.6 Å². The molecule has 0 amide bonds. The molecular formula is C13H25N3S. The Labute approximate surface area is 109 Å². The van der Waals surface area contributed by atoms with Gasteiger partial charge in [0, 0.05) is 13.0 Å². The summed E-state index contributed by atoms with van der Waals surface area (Å²) < 4.78 is 2.19. The van der Waals surface area contributed by atoms with E-state index in [9.17, 15) is 0 Å². The van der Waals surface area contributed by atoms with E-state index in [1.807, 2.05) is 11.8 Å². The van der Waals surface area contributed by atoms with Crippen LogP contribution in [0.3, 0.4) is 0 Å². The first kappa shape index (κ1) is 14.4. The lowest BCUT2D eigenvalue weighted by Gasteiger charge is -2.11. The molecule has 0 fully saturated rings. The van der Waals surface area contributed by atoms with Gasteiger partial charge >= 0.3 is 0 Å². The Hall–Kier alpha value is -0.640. The summed E-state index contributed by atoms with van der Waals surface area (Å²) in [4.78, 5) is 4.68. The lowest BCUT2D eigenvalue weighted by molar-refractivity contribution is 0.513. The maximum absolute atomic E-state index is 6.20. The number of hydrogen-bond acceptors (Lipinski definition) is 3. The predicted molar refractivity (Wildman–Crippen MR) is 77.6 cm³/mol. The van der Waals surface area contributed by atoms with E-state index in [1.54, 1.807) is 0 Å². The highest BCUT2D eigenvalue weighted by Crippen LogP contribution is 2.19. The zero-order valence-corrected chi connectivity index (χ0v) is 12.3. The molecule has 0 aliphatic heterocycles. The fourth-order valence-corrected chi connectivity index (χ4v) is 2.41. The van der Waals surface area contributed by atoms with Gasteiger partial charge in [0.2, 0.25) is 0 Å². The van der Waals surface area contributed by atoms with E-state index in [0.29, 0.717) is 5.92 Å². The van der Waals surface area contributed by atoms with E-state index >= 15 is 0 Å². The largest absolute Gasteiger partial charge is 0.384 e. The van der Waals surface area contributed by atoms with Crippen molar-refractivity contribution in [2.45, 2.75) is 46.6 Å². The van der Waals surface area contributed by atoms with E-state index < -0.39 is 0 Å². The highest BCUT2D eigenvalue weighted by Gasteiger charge is 2.13. The quantitative estimate of drug-likeness (QED) is 0.762. The summed E-state index contributed by atoms with van der Waals surface area (Å²) in [6.07, 6.45) is 5.26. The van der Waals surface area contributed by atoms with Gasteiger partial charge in [-0.15, -0.1) is 0 Å². The van der Waals surface area contributed by atoms with Gasteiger partial charge in [0.25, 0.3) is 0 Å². The summed E-state index contributed by atoms with van der Waals surface area (Å²) in [5, 5.41) is 0. The van der Waals surface area contributed by atoms with Gasteiger partial charge in [-0.3, -0.25) is 0 Å². The number of aryl methyl sites for hydroxylation is 2. The molecule has 1 rings (SSSR count). The molecule has 0 radical (unpaired) electrons. The molecule has 0 bridgehead atoms. The van der Waals surface area contributed by atoms with Crippen LogP contribution in [0, 0.1) is 5.92 Å². The number of hydrogen-bond donors (Lipinski definition) is 1. The maximum atomic E-state index is 6.20. The van der Waals surface area contributed by atoms with Crippen LogP contribution in [-0.2, 0) is 19.4 Å². The third-order valence-electron chi connectivity index (χ3n) is 2.79. The third kappa shape index (κ3) is 3.95. The molecule has 0 atom stereocenters. The normalized spacial score (nSPS) is 11.4. The Kier molecular flexibility index (Phi) is 5.89. The molecule has 0 unspecified atom stereocenters. The van der Waals surface area contributed by atoms with Gasteiger partial charge in [-0.05, 0) is 30.8 Å². The molecule has 1 aromatic rings. The molecule has 1 aromatic heterocycles. The van der Waals surface area contributed by atoms with Crippen LogP contribution in [0.5, 0.6) is 0 Å². The predicted octanol–water partition coefficient (Wildman–Crippen LogP) is 2.98. The van der Waals surface area contributed by atoms with Crippen molar-refractivity contribution >= 4 is 17.6 Å². The minimum Gasteiger partial charge on any atom is -0.384 e. The maximum Gasteiger partial charge on any atom is 0.126 e. The third-order valence-corrected chi connectivity index (χ3v) is 3.48. The van der Waals surface area contributed by atoms with Crippen LogP contribution in [0.1, 0.15) is 38.7 Å². The number of anilines is 1. The van der Waals surface area contributed by atoms with Crippen molar-refractivity contribution in [3.63, 3.8) is 0 Å².